The minimum Gasteiger partial charge on any atom is -0.350 e. The number of rotatable bonds is 6. The van der Waals surface area contributed by atoms with Crippen LogP contribution in [-0.4, -0.2) is 49.6 Å². The number of hydrogen-bond donors (Lipinski definition) is 2. The van der Waals surface area contributed by atoms with Crippen molar-refractivity contribution in [1.82, 2.24) is 15.5 Å². The van der Waals surface area contributed by atoms with Crippen LogP contribution in [0.25, 0.3) is 0 Å². The summed E-state index contributed by atoms with van der Waals surface area (Å²) in [5.74, 6) is 0.0594. The second kappa shape index (κ2) is 6.86. The summed E-state index contributed by atoms with van der Waals surface area (Å²) in [4.78, 5) is 13.7. The summed E-state index contributed by atoms with van der Waals surface area (Å²) in [5, 5.41) is 6.15. The molecular formula is C12H27N3O. The molecule has 0 aliphatic rings. The molecule has 0 saturated heterocycles. The molecule has 2 N–H and O–H groups in total. The fraction of sp³-hybridized carbons (Fsp3) is 0.917. The molecule has 0 radical (unpaired) electrons. The molecular weight excluding hydrogens is 202 g/mol. The Morgan fingerprint density at radius 3 is 2.31 bits per heavy atom. The van der Waals surface area contributed by atoms with Crippen molar-refractivity contribution in [1.29, 1.82) is 0 Å². The molecule has 0 aliphatic heterocycles. The van der Waals surface area contributed by atoms with Crippen LogP contribution in [0.5, 0.6) is 0 Å². The molecule has 4 nitrogen and oxygen atoms in total. The van der Waals surface area contributed by atoms with Crippen LogP contribution in [0.2, 0.25) is 0 Å². The van der Waals surface area contributed by atoms with Gasteiger partial charge in [-0.25, -0.2) is 0 Å². The van der Waals surface area contributed by atoms with E-state index in [0.29, 0.717) is 12.6 Å². The number of nitrogens with one attached hydrogen (secondary N) is 2. The van der Waals surface area contributed by atoms with Gasteiger partial charge in [0.15, 0.2) is 0 Å². The summed E-state index contributed by atoms with van der Waals surface area (Å²) in [7, 11) is 4.11. The largest absolute Gasteiger partial charge is 0.350 e. The molecule has 16 heavy (non-hydrogen) atoms. The smallest absolute Gasteiger partial charge is 0.234 e. The van der Waals surface area contributed by atoms with E-state index in [9.17, 15) is 4.79 Å². The quantitative estimate of drug-likeness (QED) is 0.709. The molecule has 0 aliphatic carbocycles. The third-order valence-electron chi connectivity index (χ3n) is 2.13. The summed E-state index contributed by atoms with van der Waals surface area (Å²) in [5.41, 5.74) is -0.147. The number of carbonyl (C=O) groups excluding carboxylic acids is 1. The lowest BCUT2D eigenvalue weighted by atomic mass is 10.1. The van der Waals surface area contributed by atoms with Crippen LogP contribution in [0.15, 0.2) is 0 Å². The number of nitrogens with zero attached hydrogens (tertiary/aromatic N) is 1. The maximum absolute atomic E-state index is 11.5. The predicted octanol–water partition coefficient (Wildman–Crippen LogP) is 0.831. The summed E-state index contributed by atoms with van der Waals surface area (Å²) in [6, 6.07) is 0.369. The van der Waals surface area contributed by atoms with Crippen molar-refractivity contribution in [3.8, 4) is 0 Å². The average molecular weight is 229 g/mol. The monoisotopic (exact) mass is 229 g/mol. The van der Waals surface area contributed by atoms with E-state index < -0.39 is 0 Å². The second-order valence-electron chi connectivity index (χ2n) is 5.67. The van der Waals surface area contributed by atoms with Crippen LogP contribution in [0.1, 0.15) is 34.1 Å². The molecule has 96 valence electrons. The highest BCUT2D eigenvalue weighted by Gasteiger charge is 2.13. The maximum atomic E-state index is 11.5. The van der Waals surface area contributed by atoms with Gasteiger partial charge in [-0.1, -0.05) is 0 Å². The van der Waals surface area contributed by atoms with Gasteiger partial charge in [0.1, 0.15) is 0 Å². The second-order valence-corrected chi connectivity index (χ2v) is 5.67. The van der Waals surface area contributed by atoms with E-state index in [1.807, 2.05) is 20.8 Å². The summed E-state index contributed by atoms with van der Waals surface area (Å²) >= 11 is 0. The molecule has 1 amide bonds. The van der Waals surface area contributed by atoms with Crippen molar-refractivity contribution < 1.29 is 4.79 Å². The zero-order chi connectivity index (χ0) is 12.8. The highest BCUT2D eigenvalue weighted by molar-refractivity contribution is 5.78. The Hall–Kier alpha value is -0.610. The Morgan fingerprint density at radius 2 is 1.88 bits per heavy atom. The van der Waals surface area contributed by atoms with E-state index in [-0.39, 0.29) is 11.4 Å². The zero-order valence-electron chi connectivity index (χ0n) is 11.6. The van der Waals surface area contributed by atoms with Crippen molar-refractivity contribution in [2.24, 2.45) is 0 Å². The Morgan fingerprint density at radius 1 is 1.31 bits per heavy atom. The molecule has 1 atom stereocenters. The van der Waals surface area contributed by atoms with E-state index in [0.717, 1.165) is 13.0 Å². The Balaban J connectivity index is 3.67. The lowest BCUT2D eigenvalue weighted by Gasteiger charge is -2.22. The van der Waals surface area contributed by atoms with E-state index in [1.54, 1.807) is 0 Å². The van der Waals surface area contributed by atoms with E-state index >= 15 is 0 Å². The van der Waals surface area contributed by atoms with Crippen molar-refractivity contribution in [3.05, 3.63) is 0 Å². The number of carbonyl (C=O) groups is 1. The first-order chi connectivity index (χ1) is 7.20. The molecule has 0 aromatic heterocycles. The van der Waals surface area contributed by atoms with Crippen LogP contribution < -0.4 is 10.6 Å². The molecule has 1 unspecified atom stereocenters. The van der Waals surface area contributed by atoms with E-state index in [2.05, 4.69) is 36.6 Å². The van der Waals surface area contributed by atoms with Gasteiger partial charge >= 0.3 is 0 Å². The molecule has 0 bridgehead atoms. The van der Waals surface area contributed by atoms with Crippen molar-refractivity contribution in [2.45, 2.75) is 45.7 Å². The van der Waals surface area contributed by atoms with E-state index in [4.69, 9.17) is 0 Å². The summed E-state index contributed by atoms with van der Waals surface area (Å²) in [6.45, 7) is 9.50. The normalized spacial score (nSPS) is 13.9. The highest BCUT2D eigenvalue weighted by atomic mass is 16.2. The number of hydrogen-bond acceptors (Lipinski definition) is 3. The first kappa shape index (κ1) is 15.4. The third-order valence-corrected chi connectivity index (χ3v) is 2.13. The lowest BCUT2D eigenvalue weighted by molar-refractivity contribution is -0.121. The first-order valence-corrected chi connectivity index (χ1v) is 5.90. The summed E-state index contributed by atoms with van der Waals surface area (Å²) in [6.07, 6.45) is 1.05. The van der Waals surface area contributed by atoms with Gasteiger partial charge in [-0.15, -0.1) is 0 Å². The molecule has 0 spiro atoms. The van der Waals surface area contributed by atoms with Gasteiger partial charge in [0, 0.05) is 11.6 Å². The molecule has 0 fully saturated rings. The average Bonchev–Trinajstić information content (AvgIpc) is 2.08. The molecule has 0 rings (SSSR count). The van der Waals surface area contributed by atoms with Crippen molar-refractivity contribution in [3.63, 3.8) is 0 Å². The van der Waals surface area contributed by atoms with Gasteiger partial charge < -0.3 is 15.5 Å². The standard InChI is InChI=1S/C12H27N3O/c1-10(7-8-15(5)6)13-9-11(16)14-12(2,3)4/h10,13H,7-9H2,1-6H3,(H,14,16). The fourth-order valence-electron chi connectivity index (χ4n) is 1.28. The number of amides is 1. The van der Waals surface area contributed by atoms with Gasteiger partial charge in [0.05, 0.1) is 6.54 Å². The topological polar surface area (TPSA) is 44.4 Å². The zero-order valence-corrected chi connectivity index (χ0v) is 11.6. The van der Waals surface area contributed by atoms with E-state index in [1.165, 1.54) is 0 Å². The van der Waals surface area contributed by atoms with Gasteiger partial charge in [-0.2, -0.15) is 0 Å². The summed E-state index contributed by atoms with van der Waals surface area (Å²) < 4.78 is 0. The highest BCUT2D eigenvalue weighted by Crippen LogP contribution is 1.97. The maximum Gasteiger partial charge on any atom is 0.234 e. The van der Waals surface area contributed by atoms with Crippen LogP contribution in [-0.2, 0) is 4.79 Å². The molecule has 0 saturated carbocycles. The minimum atomic E-state index is -0.147. The van der Waals surface area contributed by atoms with Gasteiger partial charge in [-0.3, -0.25) is 4.79 Å². The van der Waals surface area contributed by atoms with Crippen molar-refractivity contribution in [2.75, 3.05) is 27.2 Å². The first-order valence-electron chi connectivity index (χ1n) is 5.90. The molecule has 0 aromatic rings. The van der Waals surface area contributed by atoms with Gasteiger partial charge in [-0.05, 0) is 54.8 Å². The Kier molecular flexibility index (Phi) is 6.60. The molecule has 0 heterocycles. The Labute approximate surface area is 99.8 Å². The Bertz CT molecular complexity index is 209. The molecule has 0 aromatic carbocycles. The third kappa shape index (κ3) is 9.93. The van der Waals surface area contributed by atoms with Gasteiger partial charge in [0.25, 0.3) is 0 Å². The van der Waals surface area contributed by atoms with Crippen LogP contribution in [0.3, 0.4) is 0 Å². The molecule has 4 heteroatoms. The predicted molar refractivity (Wildman–Crippen MR) is 68.5 cm³/mol. The van der Waals surface area contributed by atoms with Gasteiger partial charge in [0.2, 0.25) is 5.91 Å². The SMILES string of the molecule is CC(CCN(C)C)NCC(=O)NC(C)(C)C. The lowest BCUT2D eigenvalue weighted by Crippen LogP contribution is -2.46. The van der Waals surface area contributed by atoms with Crippen LogP contribution in [0, 0.1) is 0 Å². The van der Waals surface area contributed by atoms with Crippen molar-refractivity contribution >= 4 is 5.91 Å². The fourth-order valence-corrected chi connectivity index (χ4v) is 1.28. The van der Waals surface area contributed by atoms with Crippen LogP contribution in [0.4, 0.5) is 0 Å². The minimum absolute atomic E-state index is 0.0594. The van der Waals surface area contributed by atoms with Crippen LogP contribution >= 0.6 is 0 Å².